The molecule has 490 valence electrons. The third-order valence-corrected chi connectivity index (χ3v) is 17.7. The van der Waals surface area contributed by atoms with Crippen LogP contribution in [-0.2, 0) is 14.3 Å². The van der Waals surface area contributed by atoms with E-state index in [0.717, 1.165) is 51.4 Å². The van der Waals surface area contributed by atoms with Crippen LogP contribution in [0, 0.1) is 0 Å². The zero-order valence-electron chi connectivity index (χ0n) is 56.2. The molecule has 0 aliphatic rings. The predicted molar refractivity (Wildman–Crippen MR) is 366 cm³/mol. The van der Waals surface area contributed by atoms with Gasteiger partial charge in [-0.1, -0.05) is 378 Å². The maximum absolute atomic E-state index is 12.5. The zero-order chi connectivity index (χ0) is 59.9. The molecule has 2 unspecified atom stereocenters. The minimum absolute atomic E-state index is 0.0160. The second kappa shape index (κ2) is 72.6. The molecule has 0 aromatic rings. The Kier molecular flexibility index (Phi) is 70.9. The normalized spacial score (nSPS) is 12.7. The van der Waals surface area contributed by atoms with Crippen LogP contribution in [0.15, 0.2) is 36.5 Å². The Hall–Kier alpha value is -1.92. The van der Waals surface area contributed by atoms with Crippen molar-refractivity contribution in [2.75, 3.05) is 13.2 Å². The fourth-order valence-electron chi connectivity index (χ4n) is 11.9. The number of allylic oxidation sites excluding steroid dienone is 5. The number of carbonyl (C=O) groups excluding carboxylic acids is 2. The molecule has 0 aliphatic heterocycles. The molecule has 0 radical (unpaired) electrons. The molecular weight excluding hydrogens is 1020 g/mol. The van der Waals surface area contributed by atoms with Crippen LogP contribution in [-0.4, -0.2) is 47.4 Å². The molecule has 0 saturated heterocycles. The van der Waals surface area contributed by atoms with Gasteiger partial charge in [-0.2, -0.15) is 0 Å². The van der Waals surface area contributed by atoms with E-state index in [0.29, 0.717) is 19.4 Å². The Morgan fingerprint density at radius 1 is 0.337 bits per heavy atom. The van der Waals surface area contributed by atoms with Crippen molar-refractivity contribution in [3.63, 3.8) is 0 Å². The summed E-state index contributed by atoms with van der Waals surface area (Å²) in [7, 11) is 0. The van der Waals surface area contributed by atoms with Crippen LogP contribution < -0.4 is 5.32 Å². The summed E-state index contributed by atoms with van der Waals surface area (Å²) in [6, 6.07) is -0.626. The largest absolute Gasteiger partial charge is 0.466 e. The van der Waals surface area contributed by atoms with Crippen LogP contribution in [0.2, 0.25) is 0 Å². The highest BCUT2D eigenvalue weighted by molar-refractivity contribution is 5.76. The van der Waals surface area contributed by atoms with E-state index < -0.39 is 12.1 Å². The number of rotatable bonds is 71. The quantitative estimate of drug-likeness (QED) is 0.0320. The van der Waals surface area contributed by atoms with Gasteiger partial charge in [-0.25, -0.2) is 0 Å². The number of ether oxygens (including phenoxy) is 1. The molecule has 0 aromatic heterocycles. The summed E-state index contributed by atoms with van der Waals surface area (Å²) >= 11 is 0. The van der Waals surface area contributed by atoms with Gasteiger partial charge in [0.15, 0.2) is 0 Å². The summed E-state index contributed by atoms with van der Waals surface area (Å²) in [5.41, 5.74) is 0. The van der Waals surface area contributed by atoms with E-state index in [4.69, 9.17) is 4.74 Å². The van der Waals surface area contributed by atoms with Crippen LogP contribution in [0.4, 0.5) is 0 Å². The Bertz CT molecular complexity index is 1340. The topological polar surface area (TPSA) is 95.9 Å². The summed E-state index contributed by atoms with van der Waals surface area (Å²) in [6.45, 7) is 4.92. The van der Waals surface area contributed by atoms with Crippen LogP contribution in [0.25, 0.3) is 0 Å². The van der Waals surface area contributed by atoms with Crippen molar-refractivity contribution in [2.45, 2.75) is 431 Å². The minimum Gasteiger partial charge on any atom is -0.466 e. The molecule has 0 rings (SSSR count). The number of aliphatic hydroxyl groups is 2. The van der Waals surface area contributed by atoms with Crippen molar-refractivity contribution in [3.8, 4) is 0 Å². The van der Waals surface area contributed by atoms with Crippen molar-refractivity contribution in [2.24, 2.45) is 0 Å². The summed E-state index contributed by atoms with van der Waals surface area (Å²) in [5.74, 6) is -0.0449. The lowest BCUT2D eigenvalue weighted by atomic mass is 10.0. The molecule has 0 spiro atoms. The molecule has 3 N–H and O–H groups in total. The molecule has 1 amide bonds. The molecule has 0 bridgehead atoms. The van der Waals surface area contributed by atoms with Gasteiger partial charge in [0, 0.05) is 12.8 Å². The molecule has 6 nitrogen and oxygen atoms in total. The predicted octanol–water partition coefficient (Wildman–Crippen LogP) is 24.7. The highest BCUT2D eigenvalue weighted by Crippen LogP contribution is 2.19. The Morgan fingerprint density at radius 2 is 0.602 bits per heavy atom. The number of esters is 1. The maximum Gasteiger partial charge on any atom is 0.305 e. The van der Waals surface area contributed by atoms with E-state index >= 15 is 0 Å². The highest BCUT2D eigenvalue weighted by atomic mass is 16.5. The fourth-order valence-corrected chi connectivity index (χ4v) is 11.9. The van der Waals surface area contributed by atoms with Gasteiger partial charge in [0.05, 0.1) is 25.4 Å². The van der Waals surface area contributed by atoms with Crippen molar-refractivity contribution >= 4 is 11.9 Å². The fraction of sp³-hybridized carbons (Fsp3) is 0.896. The summed E-state index contributed by atoms with van der Waals surface area (Å²) < 4.78 is 5.51. The monoisotopic (exact) mass is 1170 g/mol. The number of hydrogen-bond acceptors (Lipinski definition) is 5. The number of aliphatic hydroxyl groups excluding tert-OH is 2. The molecule has 0 saturated carbocycles. The van der Waals surface area contributed by atoms with E-state index in [1.54, 1.807) is 6.08 Å². The number of hydrogen-bond donors (Lipinski definition) is 3. The van der Waals surface area contributed by atoms with E-state index in [2.05, 4.69) is 43.5 Å². The number of amides is 1. The lowest BCUT2D eigenvalue weighted by Crippen LogP contribution is -2.45. The van der Waals surface area contributed by atoms with Gasteiger partial charge in [0.1, 0.15) is 0 Å². The van der Waals surface area contributed by atoms with Gasteiger partial charge in [-0.15, -0.1) is 0 Å². The molecule has 2 atom stereocenters. The lowest BCUT2D eigenvalue weighted by molar-refractivity contribution is -0.143. The van der Waals surface area contributed by atoms with Gasteiger partial charge >= 0.3 is 5.97 Å². The standard InChI is InChI=1S/C77H147NO5/c1-3-5-7-9-11-13-15-17-19-21-34-39-43-47-51-55-59-63-67-71-77(82)83-72-68-64-60-56-52-48-44-40-36-33-31-29-27-25-23-24-26-28-30-32-35-38-42-46-50-54-58-62-66-70-76(81)78-74(73-79)75(80)69-65-61-57-53-49-45-41-37-22-20-18-16-14-12-10-8-6-4-2/h11,13,17,19,65,69,74-75,79-80H,3-10,12,14-16,18,20-64,66-68,70-73H2,1-2H3,(H,78,81)/b13-11-,19-17-,69-65+. The lowest BCUT2D eigenvalue weighted by Gasteiger charge is -2.20. The van der Waals surface area contributed by atoms with Crippen LogP contribution >= 0.6 is 0 Å². The van der Waals surface area contributed by atoms with E-state index in [1.807, 2.05) is 6.08 Å². The first-order valence-electron chi connectivity index (χ1n) is 37.8. The average molecular weight is 1170 g/mol. The Labute approximate surface area is 519 Å². The first-order chi connectivity index (χ1) is 41.0. The summed E-state index contributed by atoms with van der Waals surface area (Å²) in [5, 5.41) is 23.2. The molecule has 0 aromatic carbocycles. The summed E-state index contributed by atoms with van der Waals surface area (Å²) in [4.78, 5) is 24.6. The van der Waals surface area contributed by atoms with Crippen LogP contribution in [0.5, 0.6) is 0 Å². The Balaban J connectivity index is 3.35. The Morgan fingerprint density at radius 3 is 0.940 bits per heavy atom. The van der Waals surface area contributed by atoms with Crippen molar-refractivity contribution in [1.82, 2.24) is 5.32 Å². The van der Waals surface area contributed by atoms with E-state index in [1.165, 1.54) is 340 Å². The number of unbranched alkanes of at least 4 members (excludes halogenated alkanes) is 56. The second-order valence-electron chi connectivity index (χ2n) is 26.0. The van der Waals surface area contributed by atoms with Gasteiger partial charge in [0.25, 0.3) is 0 Å². The maximum atomic E-state index is 12.5. The SMILES string of the molecule is CCCCC/C=C\C/C=C\CCCCCCCCCCCC(=O)OCCCCCCCCCCCCCCCCCCCCCCCCCCCCCCCC(=O)NC(CO)C(O)/C=C/CCCCCCCCCCCCCCCCCC. The van der Waals surface area contributed by atoms with Crippen LogP contribution in [0.1, 0.15) is 418 Å². The molecule has 6 heteroatoms. The molecule has 0 fully saturated rings. The third-order valence-electron chi connectivity index (χ3n) is 17.7. The molecular formula is C77H147NO5. The third kappa shape index (κ3) is 69.1. The molecule has 83 heavy (non-hydrogen) atoms. The highest BCUT2D eigenvalue weighted by Gasteiger charge is 2.18. The second-order valence-corrected chi connectivity index (χ2v) is 26.0. The number of nitrogens with one attached hydrogen (secondary N) is 1. The summed E-state index contributed by atoms with van der Waals surface area (Å²) in [6.07, 6.45) is 93.9. The molecule has 0 aliphatic carbocycles. The van der Waals surface area contributed by atoms with Gasteiger partial charge in [-0.3, -0.25) is 9.59 Å². The van der Waals surface area contributed by atoms with Gasteiger partial charge in [-0.05, 0) is 64.2 Å². The average Bonchev–Trinajstić information content (AvgIpc) is 3.49. The van der Waals surface area contributed by atoms with Crippen molar-refractivity contribution in [1.29, 1.82) is 0 Å². The van der Waals surface area contributed by atoms with E-state index in [-0.39, 0.29) is 18.5 Å². The first-order valence-corrected chi connectivity index (χ1v) is 37.8. The van der Waals surface area contributed by atoms with Crippen molar-refractivity contribution in [3.05, 3.63) is 36.5 Å². The van der Waals surface area contributed by atoms with Crippen molar-refractivity contribution < 1.29 is 24.5 Å². The van der Waals surface area contributed by atoms with Gasteiger partial charge < -0.3 is 20.3 Å². The van der Waals surface area contributed by atoms with Gasteiger partial charge in [0.2, 0.25) is 5.91 Å². The first kappa shape index (κ1) is 81.1. The van der Waals surface area contributed by atoms with E-state index in [9.17, 15) is 19.8 Å². The number of carbonyl (C=O) groups is 2. The van der Waals surface area contributed by atoms with Crippen LogP contribution in [0.3, 0.4) is 0 Å². The smallest absolute Gasteiger partial charge is 0.305 e. The minimum atomic E-state index is -0.843. The zero-order valence-corrected chi connectivity index (χ0v) is 56.2. The molecule has 0 heterocycles.